The van der Waals surface area contributed by atoms with Crippen molar-refractivity contribution in [1.29, 1.82) is 0 Å². The maximum atomic E-state index is 12.1. The van der Waals surface area contributed by atoms with Crippen LogP contribution in [0.2, 0.25) is 0 Å². The molecule has 9 heteroatoms. The summed E-state index contributed by atoms with van der Waals surface area (Å²) in [6, 6.07) is -0.309. The highest BCUT2D eigenvalue weighted by atomic mass is 32.1. The van der Waals surface area contributed by atoms with Gasteiger partial charge in [0.2, 0.25) is 6.08 Å². The van der Waals surface area contributed by atoms with E-state index < -0.39 is 0 Å². The molecule has 2 N–H and O–H groups in total. The van der Waals surface area contributed by atoms with Gasteiger partial charge >= 0.3 is 12.0 Å². The molecule has 0 bridgehead atoms. The van der Waals surface area contributed by atoms with Crippen LogP contribution in [0.5, 0.6) is 0 Å². The minimum absolute atomic E-state index is 0.149. The first-order chi connectivity index (χ1) is 12.5. The molecule has 1 fully saturated rings. The highest BCUT2D eigenvalue weighted by molar-refractivity contribution is 7.16. The summed E-state index contributed by atoms with van der Waals surface area (Å²) in [6.45, 7) is 2.89. The average molecular weight is 380 g/mol. The van der Waals surface area contributed by atoms with E-state index in [4.69, 9.17) is 0 Å². The molecule has 1 aromatic heterocycles. The molecule has 1 heterocycles. The lowest BCUT2D eigenvalue weighted by Crippen LogP contribution is -2.35. The number of amides is 2. The van der Waals surface area contributed by atoms with Gasteiger partial charge in [-0.05, 0) is 38.0 Å². The third kappa shape index (κ3) is 6.24. The maximum absolute atomic E-state index is 12.1. The molecular weight excluding hydrogens is 356 g/mol. The van der Waals surface area contributed by atoms with E-state index >= 15 is 0 Å². The van der Waals surface area contributed by atoms with Gasteiger partial charge in [0.05, 0.1) is 25.8 Å². The number of esters is 1. The highest BCUT2D eigenvalue weighted by Crippen LogP contribution is 2.29. The largest absolute Gasteiger partial charge is 0.469 e. The minimum Gasteiger partial charge on any atom is -0.469 e. The number of nitrogens with one attached hydrogen (secondary N) is 2. The fourth-order valence-corrected chi connectivity index (χ4v) is 4.09. The number of nitrogens with zero attached hydrogens (tertiary/aromatic N) is 2. The van der Waals surface area contributed by atoms with Crippen LogP contribution in [0.3, 0.4) is 0 Å². The third-order valence-electron chi connectivity index (χ3n) is 4.50. The van der Waals surface area contributed by atoms with Crippen molar-refractivity contribution in [2.45, 2.75) is 39.0 Å². The molecule has 0 spiro atoms. The fraction of sp³-hybridized carbons (Fsp3) is 0.647. The zero-order valence-corrected chi connectivity index (χ0v) is 15.9. The minimum atomic E-state index is -0.335. The van der Waals surface area contributed by atoms with E-state index in [0.29, 0.717) is 35.8 Å². The Morgan fingerprint density at radius 1 is 1.38 bits per heavy atom. The summed E-state index contributed by atoms with van der Waals surface area (Å²) < 4.78 is 4.65. The van der Waals surface area contributed by atoms with Gasteiger partial charge in [-0.2, -0.15) is 0 Å². The van der Waals surface area contributed by atoms with Crippen LogP contribution in [0.25, 0.3) is 0 Å². The summed E-state index contributed by atoms with van der Waals surface area (Å²) >= 11 is 1.27. The number of thiazole rings is 1. The first kappa shape index (κ1) is 20.1. The number of aromatic nitrogens is 1. The van der Waals surface area contributed by atoms with E-state index in [-0.39, 0.29) is 18.4 Å². The number of rotatable bonds is 7. The zero-order chi connectivity index (χ0) is 18.9. The van der Waals surface area contributed by atoms with E-state index in [2.05, 4.69) is 25.3 Å². The molecule has 1 aromatic rings. The molecular formula is C17H24N4O4S. The van der Waals surface area contributed by atoms with Crippen molar-refractivity contribution < 1.29 is 19.1 Å². The number of carbonyl (C=O) groups excluding carboxylic acids is 3. The van der Waals surface area contributed by atoms with Crippen LogP contribution in [-0.2, 0) is 20.7 Å². The van der Waals surface area contributed by atoms with Crippen molar-refractivity contribution in [3.63, 3.8) is 0 Å². The lowest BCUT2D eigenvalue weighted by molar-refractivity contribution is -0.139. The van der Waals surface area contributed by atoms with Crippen LogP contribution >= 0.6 is 11.3 Å². The number of urea groups is 1. The second kappa shape index (κ2) is 10.0. The molecule has 0 aromatic carbocycles. The molecule has 0 radical (unpaired) electrons. The van der Waals surface area contributed by atoms with Crippen LogP contribution in [0, 0.1) is 18.8 Å². The number of aryl methyl sites for hydroxylation is 1. The van der Waals surface area contributed by atoms with Crippen LogP contribution in [0.4, 0.5) is 9.93 Å². The summed E-state index contributed by atoms with van der Waals surface area (Å²) in [5.41, 5.74) is 0.710. The van der Waals surface area contributed by atoms with Gasteiger partial charge in [0.1, 0.15) is 0 Å². The van der Waals surface area contributed by atoms with E-state index in [1.54, 1.807) is 13.0 Å². The third-order valence-corrected chi connectivity index (χ3v) is 5.58. The van der Waals surface area contributed by atoms with Crippen LogP contribution in [-0.4, -0.2) is 43.3 Å². The first-order valence-electron chi connectivity index (χ1n) is 8.63. The van der Waals surface area contributed by atoms with Crippen LogP contribution < -0.4 is 10.6 Å². The molecule has 0 aliphatic heterocycles. The van der Waals surface area contributed by atoms with Gasteiger partial charge in [-0.1, -0.05) is 6.42 Å². The van der Waals surface area contributed by atoms with E-state index in [1.165, 1.54) is 18.4 Å². The van der Waals surface area contributed by atoms with Gasteiger partial charge in [0.15, 0.2) is 5.13 Å². The lowest BCUT2D eigenvalue weighted by atomic mass is 9.81. The van der Waals surface area contributed by atoms with Crippen LogP contribution in [0.1, 0.15) is 36.3 Å². The van der Waals surface area contributed by atoms with E-state index in [1.807, 2.05) is 0 Å². The van der Waals surface area contributed by atoms with Crippen molar-refractivity contribution >= 4 is 34.5 Å². The van der Waals surface area contributed by atoms with Gasteiger partial charge in [-0.25, -0.2) is 19.6 Å². The first-order valence-corrected chi connectivity index (χ1v) is 9.45. The number of ether oxygens (including phenoxy) is 1. The number of carbonyl (C=O) groups is 2. The number of isocyanates is 1. The Labute approximate surface area is 156 Å². The molecule has 1 aliphatic carbocycles. The van der Waals surface area contributed by atoms with Crippen molar-refractivity contribution in [1.82, 2.24) is 10.3 Å². The van der Waals surface area contributed by atoms with Crippen LogP contribution in [0.15, 0.2) is 4.99 Å². The van der Waals surface area contributed by atoms with Gasteiger partial charge in [-0.15, -0.1) is 11.3 Å². The molecule has 2 atom stereocenters. The molecule has 26 heavy (non-hydrogen) atoms. The van der Waals surface area contributed by atoms with Gasteiger partial charge in [0, 0.05) is 11.4 Å². The fourth-order valence-electron chi connectivity index (χ4n) is 3.15. The molecule has 2 amide bonds. The standard InChI is InChI=1S/C17H24N4O4S/c1-11-14(7-15(23)25-2)26-17(20-11)21-16(24)19-9-13-5-3-4-12(6-13)8-18-10-22/h12-13H,3-9H2,1-2H3,(H2,19,20,21,24). The Morgan fingerprint density at radius 3 is 2.88 bits per heavy atom. The highest BCUT2D eigenvalue weighted by Gasteiger charge is 2.22. The summed E-state index contributed by atoms with van der Waals surface area (Å²) in [6.07, 6.45) is 5.89. The lowest BCUT2D eigenvalue weighted by Gasteiger charge is -2.27. The van der Waals surface area contributed by atoms with Gasteiger partial charge in [-0.3, -0.25) is 10.1 Å². The molecule has 142 valence electrons. The van der Waals surface area contributed by atoms with E-state index in [0.717, 1.165) is 30.6 Å². The zero-order valence-electron chi connectivity index (χ0n) is 15.0. The second-order valence-electron chi connectivity index (χ2n) is 6.45. The predicted octanol–water partition coefficient (Wildman–Crippen LogP) is 2.43. The Morgan fingerprint density at radius 2 is 2.15 bits per heavy atom. The Hall–Kier alpha value is -2.25. The van der Waals surface area contributed by atoms with Crippen molar-refractivity contribution in [3.05, 3.63) is 10.6 Å². The molecule has 0 saturated heterocycles. The van der Waals surface area contributed by atoms with Gasteiger partial charge in [0.25, 0.3) is 0 Å². The number of anilines is 1. The second-order valence-corrected chi connectivity index (χ2v) is 7.53. The summed E-state index contributed by atoms with van der Waals surface area (Å²) in [5, 5.41) is 6.05. The molecule has 1 saturated carbocycles. The van der Waals surface area contributed by atoms with Crippen molar-refractivity contribution in [2.24, 2.45) is 16.8 Å². The normalized spacial score (nSPS) is 19.3. The van der Waals surface area contributed by atoms with Gasteiger partial charge < -0.3 is 10.1 Å². The molecule has 1 aliphatic rings. The molecule has 2 unspecified atom stereocenters. The quantitative estimate of drug-likeness (QED) is 0.429. The maximum Gasteiger partial charge on any atom is 0.321 e. The number of hydrogen-bond donors (Lipinski definition) is 2. The Kier molecular flexibility index (Phi) is 7.74. The summed E-state index contributed by atoms with van der Waals surface area (Å²) in [7, 11) is 1.34. The molecule has 8 nitrogen and oxygen atoms in total. The monoisotopic (exact) mass is 380 g/mol. The topological polar surface area (TPSA) is 110 Å². The predicted molar refractivity (Wildman–Crippen MR) is 98.0 cm³/mol. The Bertz CT molecular complexity index is 684. The summed E-state index contributed by atoms with van der Waals surface area (Å²) in [5.74, 6) is 0.440. The number of hydrogen-bond acceptors (Lipinski definition) is 7. The SMILES string of the molecule is COC(=O)Cc1sc(NC(=O)NCC2CCCC(CN=C=O)C2)nc1C. The number of aliphatic imine (C=N–C) groups is 1. The Balaban J connectivity index is 1.79. The smallest absolute Gasteiger partial charge is 0.321 e. The van der Waals surface area contributed by atoms with Crippen molar-refractivity contribution in [3.8, 4) is 0 Å². The summed E-state index contributed by atoms with van der Waals surface area (Å²) in [4.78, 5) is 42.4. The van der Waals surface area contributed by atoms with E-state index in [9.17, 15) is 14.4 Å². The van der Waals surface area contributed by atoms with Crippen molar-refractivity contribution in [2.75, 3.05) is 25.5 Å². The molecule has 2 rings (SSSR count). The average Bonchev–Trinajstić information content (AvgIpc) is 2.97. The number of methoxy groups -OCH3 is 1.